The van der Waals surface area contributed by atoms with Crippen molar-refractivity contribution >= 4 is 34.1 Å². The van der Waals surface area contributed by atoms with Crippen LogP contribution in [0.5, 0.6) is 5.75 Å². The number of nitrogens with one attached hydrogen (secondary N) is 1. The Kier molecular flexibility index (Phi) is 6.52. The molecule has 0 aliphatic carbocycles. The molecule has 0 aliphatic rings. The molecule has 0 radical (unpaired) electrons. The van der Waals surface area contributed by atoms with Crippen LogP contribution >= 0.6 is 23.1 Å². The molecule has 32 heavy (non-hydrogen) atoms. The standard InChI is InChI=1S/C22H20FN5O2S2/c1-13-4-5-14(2)15(10-13)12-31-22-26-25-21(32-22)24-20(29)19-18(30-3)11-28(27-19)17-8-6-16(23)7-9-17/h4-11H,12H2,1-3H3,(H,24,25,29). The third-order valence-electron chi connectivity index (χ3n) is 4.69. The van der Waals surface area contributed by atoms with Crippen molar-refractivity contribution in [3.63, 3.8) is 0 Å². The number of thioether (sulfide) groups is 1. The lowest BCUT2D eigenvalue weighted by Crippen LogP contribution is -2.14. The maximum atomic E-state index is 13.2. The number of carbonyl (C=O) groups is 1. The van der Waals surface area contributed by atoms with Gasteiger partial charge in [0.2, 0.25) is 5.13 Å². The van der Waals surface area contributed by atoms with Gasteiger partial charge in [0.15, 0.2) is 15.8 Å². The number of anilines is 1. The molecule has 0 aliphatic heterocycles. The van der Waals surface area contributed by atoms with Gasteiger partial charge in [0.1, 0.15) is 5.82 Å². The van der Waals surface area contributed by atoms with Crippen molar-refractivity contribution in [3.05, 3.63) is 76.9 Å². The van der Waals surface area contributed by atoms with Crippen LogP contribution in [0.1, 0.15) is 27.2 Å². The molecular weight excluding hydrogens is 449 g/mol. The minimum absolute atomic E-state index is 0.0941. The first-order chi connectivity index (χ1) is 15.4. The summed E-state index contributed by atoms with van der Waals surface area (Å²) in [6, 6.07) is 12.1. The van der Waals surface area contributed by atoms with Crippen molar-refractivity contribution in [2.75, 3.05) is 12.4 Å². The number of halogens is 1. The van der Waals surface area contributed by atoms with E-state index in [-0.39, 0.29) is 11.5 Å². The predicted octanol–water partition coefficient (Wildman–Crippen LogP) is 5.03. The molecule has 0 saturated heterocycles. The molecule has 4 aromatic rings. The Labute approximate surface area is 192 Å². The minimum Gasteiger partial charge on any atom is -0.493 e. The maximum absolute atomic E-state index is 13.2. The van der Waals surface area contributed by atoms with E-state index in [1.54, 1.807) is 30.1 Å². The molecule has 0 fully saturated rings. The summed E-state index contributed by atoms with van der Waals surface area (Å²) in [5.41, 5.74) is 4.38. The Balaban J connectivity index is 1.45. The van der Waals surface area contributed by atoms with Gasteiger partial charge >= 0.3 is 0 Å². The third-order valence-corrected chi connectivity index (χ3v) is 6.71. The maximum Gasteiger partial charge on any atom is 0.281 e. The highest BCUT2D eigenvalue weighted by Crippen LogP contribution is 2.30. The van der Waals surface area contributed by atoms with Crippen LogP contribution < -0.4 is 10.1 Å². The Hall–Kier alpha value is -3.24. The summed E-state index contributed by atoms with van der Waals surface area (Å²) in [4.78, 5) is 12.8. The van der Waals surface area contributed by atoms with Crippen molar-refractivity contribution in [2.24, 2.45) is 0 Å². The van der Waals surface area contributed by atoms with Crippen LogP contribution in [0.3, 0.4) is 0 Å². The highest BCUT2D eigenvalue weighted by Gasteiger charge is 2.20. The SMILES string of the molecule is COc1cn(-c2ccc(F)cc2)nc1C(=O)Nc1nnc(SCc2cc(C)ccc2C)s1. The summed E-state index contributed by atoms with van der Waals surface area (Å²) in [7, 11) is 1.45. The van der Waals surface area contributed by atoms with Crippen LogP contribution in [0.25, 0.3) is 5.69 Å². The van der Waals surface area contributed by atoms with E-state index in [4.69, 9.17) is 4.74 Å². The fraction of sp³-hybridized carbons (Fsp3) is 0.182. The first-order valence-electron chi connectivity index (χ1n) is 9.66. The lowest BCUT2D eigenvalue weighted by atomic mass is 10.1. The fourth-order valence-electron chi connectivity index (χ4n) is 2.96. The quantitative estimate of drug-likeness (QED) is 0.302. The largest absolute Gasteiger partial charge is 0.493 e. The molecule has 2 aromatic heterocycles. The van der Waals surface area contributed by atoms with E-state index in [1.807, 2.05) is 0 Å². The number of benzene rings is 2. The number of hydrogen-bond acceptors (Lipinski definition) is 7. The smallest absolute Gasteiger partial charge is 0.281 e. The predicted molar refractivity (Wildman–Crippen MR) is 123 cm³/mol. The van der Waals surface area contributed by atoms with Crippen LogP contribution in [-0.4, -0.2) is 33.0 Å². The van der Waals surface area contributed by atoms with E-state index >= 15 is 0 Å². The van der Waals surface area contributed by atoms with Gasteiger partial charge in [-0.1, -0.05) is 46.9 Å². The van der Waals surface area contributed by atoms with Crippen LogP contribution in [0.2, 0.25) is 0 Å². The Morgan fingerprint density at radius 1 is 1.19 bits per heavy atom. The second kappa shape index (κ2) is 9.49. The van der Waals surface area contributed by atoms with Gasteiger partial charge in [0, 0.05) is 5.75 Å². The number of methoxy groups -OCH3 is 1. The van der Waals surface area contributed by atoms with E-state index in [2.05, 4.69) is 52.7 Å². The van der Waals surface area contributed by atoms with Gasteiger partial charge in [-0.15, -0.1) is 10.2 Å². The highest BCUT2D eigenvalue weighted by molar-refractivity contribution is 8.00. The minimum atomic E-state index is -0.468. The molecule has 0 spiro atoms. The molecule has 2 aromatic carbocycles. The zero-order valence-electron chi connectivity index (χ0n) is 17.6. The van der Waals surface area contributed by atoms with Crippen molar-refractivity contribution in [3.8, 4) is 11.4 Å². The summed E-state index contributed by atoms with van der Waals surface area (Å²) in [5.74, 6) is 0.241. The summed E-state index contributed by atoms with van der Waals surface area (Å²) >= 11 is 2.86. The van der Waals surface area contributed by atoms with E-state index in [1.165, 1.54) is 52.0 Å². The van der Waals surface area contributed by atoms with Crippen LogP contribution in [-0.2, 0) is 5.75 Å². The number of carbonyl (C=O) groups excluding carboxylic acids is 1. The van der Waals surface area contributed by atoms with E-state index < -0.39 is 5.91 Å². The van der Waals surface area contributed by atoms with E-state index in [9.17, 15) is 9.18 Å². The van der Waals surface area contributed by atoms with Gasteiger partial charge in [0.05, 0.1) is 19.0 Å². The van der Waals surface area contributed by atoms with Gasteiger partial charge in [-0.05, 0) is 49.2 Å². The van der Waals surface area contributed by atoms with Crippen molar-refractivity contribution in [1.29, 1.82) is 0 Å². The Morgan fingerprint density at radius 3 is 2.72 bits per heavy atom. The zero-order valence-corrected chi connectivity index (χ0v) is 19.3. The van der Waals surface area contributed by atoms with Gasteiger partial charge in [-0.25, -0.2) is 9.07 Å². The molecule has 1 N–H and O–H groups in total. The van der Waals surface area contributed by atoms with Gasteiger partial charge in [-0.3, -0.25) is 10.1 Å². The van der Waals surface area contributed by atoms with E-state index in [0.717, 1.165) is 10.1 Å². The fourth-order valence-corrected chi connectivity index (χ4v) is 4.77. The molecule has 10 heteroatoms. The monoisotopic (exact) mass is 469 g/mol. The van der Waals surface area contributed by atoms with Crippen molar-refractivity contribution in [2.45, 2.75) is 23.9 Å². The van der Waals surface area contributed by atoms with Crippen molar-refractivity contribution in [1.82, 2.24) is 20.0 Å². The van der Waals surface area contributed by atoms with E-state index in [0.29, 0.717) is 16.6 Å². The number of amides is 1. The molecule has 164 valence electrons. The number of hydrogen-bond donors (Lipinski definition) is 1. The number of ether oxygens (including phenoxy) is 1. The summed E-state index contributed by atoms with van der Waals surface area (Å²) < 4.78 is 20.7. The topological polar surface area (TPSA) is 81.9 Å². The number of aromatic nitrogens is 4. The zero-order chi connectivity index (χ0) is 22.7. The lowest BCUT2D eigenvalue weighted by Gasteiger charge is -2.05. The van der Waals surface area contributed by atoms with Gasteiger partial charge in [-0.2, -0.15) is 5.10 Å². The third kappa shape index (κ3) is 4.97. The molecule has 0 atom stereocenters. The second-order valence-corrected chi connectivity index (χ2v) is 9.21. The molecule has 0 saturated carbocycles. The average Bonchev–Trinajstić information content (AvgIpc) is 3.42. The summed E-state index contributed by atoms with van der Waals surface area (Å²) in [5, 5.41) is 15.6. The van der Waals surface area contributed by atoms with Crippen LogP contribution in [0.15, 0.2) is 53.0 Å². The molecule has 0 bridgehead atoms. The molecule has 2 heterocycles. The average molecular weight is 470 g/mol. The van der Waals surface area contributed by atoms with Gasteiger partial charge < -0.3 is 4.74 Å². The number of aryl methyl sites for hydroxylation is 2. The summed E-state index contributed by atoms with van der Waals surface area (Å²) in [6.45, 7) is 4.15. The molecule has 0 unspecified atom stereocenters. The Bertz CT molecular complexity index is 1250. The van der Waals surface area contributed by atoms with Crippen LogP contribution in [0.4, 0.5) is 9.52 Å². The molecule has 4 rings (SSSR count). The lowest BCUT2D eigenvalue weighted by molar-refractivity contribution is 0.101. The number of rotatable bonds is 7. The summed E-state index contributed by atoms with van der Waals surface area (Å²) in [6.07, 6.45) is 1.56. The molecular formula is C22H20FN5O2S2. The molecule has 1 amide bonds. The number of nitrogens with zero attached hydrogens (tertiary/aromatic N) is 4. The second-order valence-electron chi connectivity index (χ2n) is 7.01. The highest BCUT2D eigenvalue weighted by atomic mass is 32.2. The van der Waals surface area contributed by atoms with Crippen LogP contribution in [0, 0.1) is 19.7 Å². The van der Waals surface area contributed by atoms with Crippen molar-refractivity contribution < 1.29 is 13.9 Å². The first kappa shape index (κ1) is 22.0. The normalized spacial score (nSPS) is 10.9. The van der Waals surface area contributed by atoms with Gasteiger partial charge in [0.25, 0.3) is 5.91 Å². The first-order valence-corrected chi connectivity index (χ1v) is 11.5. The Morgan fingerprint density at radius 2 is 1.97 bits per heavy atom. The molecule has 7 nitrogen and oxygen atoms in total.